The molecule has 1 heterocycles. The Hall–Kier alpha value is -0.120. The first-order valence-electron chi connectivity index (χ1n) is 6.69. The lowest BCUT2D eigenvalue weighted by Crippen LogP contribution is -2.57. The maximum Gasteiger partial charge on any atom is 0.0674 e. The largest absolute Gasteiger partial charge is 0.376 e. The van der Waals surface area contributed by atoms with Gasteiger partial charge in [-0.2, -0.15) is 0 Å². The van der Waals surface area contributed by atoms with E-state index in [1.54, 1.807) is 0 Å². The molecule has 1 aliphatic rings. The van der Waals surface area contributed by atoms with Crippen molar-refractivity contribution in [2.24, 2.45) is 5.73 Å². The number of nitrogens with two attached hydrogens (primary N) is 1. The van der Waals surface area contributed by atoms with Crippen molar-refractivity contribution >= 4 is 0 Å². The fourth-order valence-electron chi connectivity index (χ4n) is 2.36. The molecule has 3 heteroatoms. The van der Waals surface area contributed by atoms with Crippen LogP contribution in [0, 0.1) is 0 Å². The molecule has 1 saturated heterocycles. The second-order valence-electron chi connectivity index (χ2n) is 5.20. The van der Waals surface area contributed by atoms with Gasteiger partial charge in [-0.25, -0.2) is 0 Å². The van der Waals surface area contributed by atoms with Gasteiger partial charge < -0.3 is 10.5 Å². The first-order chi connectivity index (χ1) is 7.54. The van der Waals surface area contributed by atoms with Crippen molar-refractivity contribution in [3.63, 3.8) is 0 Å². The van der Waals surface area contributed by atoms with E-state index in [1.807, 2.05) is 0 Å². The summed E-state index contributed by atoms with van der Waals surface area (Å²) in [6.07, 6.45) is 3.59. The van der Waals surface area contributed by atoms with Gasteiger partial charge in [0.1, 0.15) is 0 Å². The molecular formula is C13H28N2O. The van der Waals surface area contributed by atoms with E-state index in [4.69, 9.17) is 10.5 Å². The summed E-state index contributed by atoms with van der Waals surface area (Å²) in [5, 5.41) is 0. The molecule has 0 aliphatic carbocycles. The predicted molar refractivity (Wildman–Crippen MR) is 68.6 cm³/mol. The summed E-state index contributed by atoms with van der Waals surface area (Å²) in [6, 6.07) is 0.553. The third-order valence-electron chi connectivity index (χ3n) is 3.98. The fourth-order valence-corrected chi connectivity index (χ4v) is 2.36. The molecule has 2 N–H and O–H groups in total. The molecule has 0 spiro atoms. The Bertz CT molecular complexity index is 204. The molecule has 3 nitrogen and oxygen atoms in total. The number of ether oxygens (including phenoxy) is 1. The second-order valence-corrected chi connectivity index (χ2v) is 5.20. The number of hydrogen-bond donors (Lipinski definition) is 1. The van der Waals surface area contributed by atoms with Crippen LogP contribution in [0.2, 0.25) is 0 Å². The lowest BCUT2D eigenvalue weighted by atomic mass is 9.92. The molecular weight excluding hydrogens is 200 g/mol. The van der Waals surface area contributed by atoms with E-state index < -0.39 is 0 Å². The third-order valence-corrected chi connectivity index (χ3v) is 3.98. The van der Waals surface area contributed by atoms with Crippen molar-refractivity contribution in [3.05, 3.63) is 0 Å². The zero-order valence-corrected chi connectivity index (χ0v) is 11.3. The molecule has 0 radical (unpaired) electrons. The zero-order chi connectivity index (χ0) is 12.2. The Balaban J connectivity index is 2.61. The molecule has 1 fully saturated rings. The Morgan fingerprint density at radius 3 is 2.44 bits per heavy atom. The highest BCUT2D eigenvalue weighted by Gasteiger charge is 2.31. The van der Waals surface area contributed by atoms with E-state index >= 15 is 0 Å². The maximum absolute atomic E-state index is 6.41. The monoisotopic (exact) mass is 228 g/mol. The van der Waals surface area contributed by atoms with Crippen molar-refractivity contribution in [1.82, 2.24) is 4.90 Å². The van der Waals surface area contributed by atoms with Crippen LogP contribution in [0.15, 0.2) is 0 Å². The van der Waals surface area contributed by atoms with Gasteiger partial charge in [-0.1, -0.05) is 20.8 Å². The predicted octanol–water partition coefficient (Wildman–Crippen LogP) is 2.00. The summed E-state index contributed by atoms with van der Waals surface area (Å²) >= 11 is 0. The minimum Gasteiger partial charge on any atom is -0.376 e. The highest BCUT2D eigenvalue weighted by atomic mass is 16.5. The van der Waals surface area contributed by atoms with Crippen molar-refractivity contribution in [2.45, 2.75) is 64.6 Å². The summed E-state index contributed by atoms with van der Waals surface area (Å²) in [7, 11) is 0. The van der Waals surface area contributed by atoms with Gasteiger partial charge in [0.2, 0.25) is 0 Å². The van der Waals surface area contributed by atoms with Gasteiger partial charge in [-0.3, -0.25) is 4.90 Å². The normalized spacial score (nSPS) is 28.3. The van der Waals surface area contributed by atoms with Crippen molar-refractivity contribution < 1.29 is 4.74 Å². The van der Waals surface area contributed by atoms with Gasteiger partial charge >= 0.3 is 0 Å². The molecule has 2 unspecified atom stereocenters. The summed E-state index contributed by atoms with van der Waals surface area (Å²) in [5.41, 5.74) is 6.38. The van der Waals surface area contributed by atoms with Crippen LogP contribution in [-0.4, -0.2) is 42.3 Å². The van der Waals surface area contributed by atoms with Crippen LogP contribution in [0.25, 0.3) is 0 Å². The lowest BCUT2D eigenvalue weighted by molar-refractivity contribution is -0.0629. The van der Waals surface area contributed by atoms with Crippen LogP contribution in [-0.2, 0) is 4.74 Å². The topological polar surface area (TPSA) is 38.5 Å². The average molecular weight is 228 g/mol. The standard InChI is InChI=1S/C13H28N2O/c1-5-12-9-16-11(4)8-15(12)10-13(14,6-2)7-3/h11-12H,5-10,14H2,1-4H3. The zero-order valence-electron chi connectivity index (χ0n) is 11.3. The molecule has 0 aromatic heterocycles. The molecule has 0 aromatic rings. The van der Waals surface area contributed by atoms with Crippen LogP contribution >= 0.6 is 0 Å². The number of nitrogens with zero attached hydrogens (tertiary/aromatic N) is 1. The van der Waals surface area contributed by atoms with Gasteiger partial charge in [-0.15, -0.1) is 0 Å². The lowest BCUT2D eigenvalue weighted by Gasteiger charge is -2.43. The quantitative estimate of drug-likeness (QED) is 0.782. The highest BCUT2D eigenvalue weighted by Crippen LogP contribution is 2.20. The number of morpholine rings is 1. The van der Waals surface area contributed by atoms with Crippen LogP contribution in [0.3, 0.4) is 0 Å². The summed E-state index contributed by atoms with van der Waals surface area (Å²) in [4.78, 5) is 2.53. The average Bonchev–Trinajstić information content (AvgIpc) is 2.29. The summed E-state index contributed by atoms with van der Waals surface area (Å²) in [6.45, 7) is 11.6. The van der Waals surface area contributed by atoms with Gasteiger partial charge in [-0.05, 0) is 26.2 Å². The molecule has 0 bridgehead atoms. The molecule has 0 aromatic carbocycles. The van der Waals surface area contributed by atoms with Gasteiger partial charge in [0.25, 0.3) is 0 Å². The number of hydrogen-bond acceptors (Lipinski definition) is 3. The molecule has 0 saturated carbocycles. The van der Waals surface area contributed by atoms with Gasteiger partial charge in [0.15, 0.2) is 0 Å². The van der Waals surface area contributed by atoms with E-state index in [9.17, 15) is 0 Å². The Morgan fingerprint density at radius 1 is 1.31 bits per heavy atom. The van der Waals surface area contributed by atoms with Crippen molar-refractivity contribution in [1.29, 1.82) is 0 Å². The second kappa shape index (κ2) is 5.99. The minimum absolute atomic E-state index is 0.0233. The van der Waals surface area contributed by atoms with Gasteiger partial charge in [0, 0.05) is 24.7 Å². The minimum atomic E-state index is -0.0233. The van der Waals surface area contributed by atoms with E-state index in [2.05, 4.69) is 32.6 Å². The highest BCUT2D eigenvalue weighted by molar-refractivity contribution is 4.89. The Morgan fingerprint density at radius 2 is 1.94 bits per heavy atom. The SMILES string of the molecule is CCC1COC(C)CN1CC(N)(CC)CC. The first-order valence-corrected chi connectivity index (χ1v) is 6.69. The Kier molecular flexibility index (Phi) is 5.22. The van der Waals surface area contributed by atoms with Crippen LogP contribution in [0.5, 0.6) is 0 Å². The van der Waals surface area contributed by atoms with E-state index in [0.29, 0.717) is 12.1 Å². The molecule has 2 atom stereocenters. The fraction of sp³-hybridized carbons (Fsp3) is 1.00. The summed E-state index contributed by atoms with van der Waals surface area (Å²) in [5.74, 6) is 0. The Labute approximate surface area is 100 Å². The first kappa shape index (κ1) is 13.9. The van der Waals surface area contributed by atoms with Crippen LogP contribution in [0.4, 0.5) is 0 Å². The molecule has 0 amide bonds. The van der Waals surface area contributed by atoms with E-state index in [0.717, 1.165) is 39.0 Å². The molecule has 1 aliphatic heterocycles. The third kappa shape index (κ3) is 3.44. The number of rotatable bonds is 5. The van der Waals surface area contributed by atoms with Crippen LogP contribution in [0.1, 0.15) is 47.0 Å². The molecule has 1 rings (SSSR count). The van der Waals surface area contributed by atoms with E-state index in [1.165, 1.54) is 0 Å². The van der Waals surface area contributed by atoms with Gasteiger partial charge in [0.05, 0.1) is 12.7 Å². The maximum atomic E-state index is 6.41. The molecule has 16 heavy (non-hydrogen) atoms. The summed E-state index contributed by atoms with van der Waals surface area (Å²) < 4.78 is 5.71. The van der Waals surface area contributed by atoms with Crippen LogP contribution < -0.4 is 5.73 Å². The van der Waals surface area contributed by atoms with E-state index in [-0.39, 0.29) is 5.54 Å². The van der Waals surface area contributed by atoms with Crippen molar-refractivity contribution in [2.75, 3.05) is 19.7 Å². The molecule has 96 valence electrons. The smallest absolute Gasteiger partial charge is 0.0674 e. The van der Waals surface area contributed by atoms with Crippen molar-refractivity contribution in [3.8, 4) is 0 Å².